The quantitative estimate of drug-likeness (QED) is 0.820. The number of carbonyl (C=O) groups excluding carboxylic acids is 1. The number of carbonyl (C=O) groups is 1. The Morgan fingerprint density at radius 1 is 1.44 bits per heavy atom. The fourth-order valence-corrected chi connectivity index (χ4v) is 2.34. The van der Waals surface area contributed by atoms with Gasteiger partial charge in [0, 0.05) is 18.0 Å². The third-order valence-corrected chi connectivity index (χ3v) is 3.47. The third kappa shape index (κ3) is 4.10. The monoisotopic (exact) mass is 313 g/mol. The molecule has 1 aromatic rings. The highest BCUT2D eigenvalue weighted by Gasteiger charge is 2.15. The molecule has 1 rings (SSSR count). The maximum absolute atomic E-state index is 12.2. The molecule has 0 saturated heterocycles. The largest absolute Gasteiger partial charge is 0.383 e. The second-order valence-corrected chi connectivity index (χ2v) is 5.14. The van der Waals surface area contributed by atoms with Crippen LogP contribution < -0.4 is 5.32 Å². The van der Waals surface area contributed by atoms with Gasteiger partial charge in [-0.1, -0.05) is 28.1 Å². The highest BCUT2D eigenvalue weighted by atomic mass is 79.9. The highest BCUT2D eigenvalue weighted by Crippen LogP contribution is 2.13. The van der Waals surface area contributed by atoms with Crippen molar-refractivity contribution in [2.75, 3.05) is 19.0 Å². The fourth-order valence-electron chi connectivity index (χ4n) is 1.79. The van der Waals surface area contributed by atoms with Crippen LogP contribution in [0.4, 0.5) is 0 Å². The van der Waals surface area contributed by atoms with Gasteiger partial charge in [-0.25, -0.2) is 0 Å². The average molecular weight is 314 g/mol. The molecule has 0 bridgehead atoms. The van der Waals surface area contributed by atoms with E-state index in [-0.39, 0.29) is 11.9 Å². The van der Waals surface area contributed by atoms with Gasteiger partial charge in [-0.3, -0.25) is 4.79 Å². The fraction of sp³-hybridized carbons (Fsp3) is 0.500. The SMILES string of the molecule is COCC(CCBr)NC(=O)c1cccc(C)c1C. The summed E-state index contributed by atoms with van der Waals surface area (Å²) in [7, 11) is 1.64. The number of alkyl halides is 1. The zero-order valence-corrected chi connectivity index (χ0v) is 12.7. The van der Waals surface area contributed by atoms with Crippen molar-refractivity contribution in [1.82, 2.24) is 5.32 Å². The summed E-state index contributed by atoms with van der Waals surface area (Å²) >= 11 is 3.39. The van der Waals surface area contributed by atoms with Gasteiger partial charge in [0.25, 0.3) is 5.91 Å². The highest BCUT2D eigenvalue weighted by molar-refractivity contribution is 9.09. The summed E-state index contributed by atoms with van der Waals surface area (Å²) in [5, 5.41) is 3.85. The van der Waals surface area contributed by atoms with Gasteiger partial charge in [-0.2, -0.15) is 0 Å². The van der Waals surface area contributed by atoms with Crippen molar-refractivity contribution in [3.8, 4) is 0 Å². The first-order valence-corrected chi connectivity index (χ1v) is 7.14. The van der Waals surface area contributed by atoms with Gasteiger partial charge in [0.1, 0.15) is 0 Å². The van der Waals surface area contributed by atoms with Crippen LogP contribution >= 0.6 is 15.9 Å². The second kappa shape index (κ2) is 7.54. The molecule has 0 saturated carbocycles. The molecule has 0 aliphatic rings. The zero-order chi connectivity index (χ0) is 13.5. The second-order valence-electron chi connectivity index (χ2n) is 4.35. The Labute approximate surface area is 117 Å². The Morgan fingerprint density at radius 3 is 2.78 bits per heavy atom. The number of halogens is 1. The van der Waals surface area contributed by atoms with E-state index in [1.54, 1.807) is 7.11 Å². The van der Waals surface area contributed by atoms with Crippen LogP contribution in [-0.2, 0) is 4.74 Å². The standard InChI is InChI=1S/C14H20BrNO2/c1-10-5-4-6-13(11(10)2)14(17)16-12(7-8-15)9-18-3/h4-6,12H,7-9H2,1-3H3,(H,16,17). The molecule has 0 fully saturated rings. The zero-order valence-electron chi connectivity index (χ0n) is 11.1. The lowest BCUT2D eigenvalue weighted by molar-refractivity contribution is 0.0895. The first kappa shape index (κ1) is 15.2. The van der Waals surface area contributed by atoms with Crippen LogP contribution in [0.2, 0.25) is 0 Å². The normalized spacial score (nSPS) is 12.2. The molecule has 1 unspecified atom stereocenters. The predicted octanol–water partition coefficient (Wildman–Crippen LogP) is 2.83. The summed E-state index contributed by atoms with van der Waals surface area (Å²) in [4.78, 5) is 12.2. The van der Waals surface area contributed by atoms with Gasteiger partial charge in [0.2, 0.25) is 0 Å². The molecule has 0 radical (unpaired) electrons. The van der Waals surface area contributed by atoms with E-state index >= 15 is 0 Å². The van der Waals surface area contributed by atoms with Crippen LogP contribution in [0.25, 0.3) is 0 Å². The van der Waals surface area contributed by atoms with E-state index in [2.05, 4.69) is 21.2 Å². The first-order valence-electron chi connectivity index (χ1n) is 6.02. The van der Waals surface area contributed by atoms with Gasteiger partial charge in [0.05, 0.1) is 12.6 Å². The maximum atomic E-state index is 12.2. The predicted molar refractivity (Wildman–Crippen MR) is 77.5 cm³/mol. The van der Waals surface area contributed by atoms with Gasteiger partial charge in [0.15, 0.2) is 0 Å². The van der Waals surface area contributed by atoms with Crippen LogP contribution in [0.15, 0.2) is 18.2 Å². The van der Waals surface area contributed by atoms with Crippen molar-refractivity contribution < 1.29 is 9.53 Å². The average Bonchev–Trinajstić information content (AvgIpc) is 2.33. The number of hydrogen-bond donors (Lipinski definition) is 1. The topological polar surface area (TPSA) is 38.3 Å². The molecular formula is C14H20BrNO2. The summed E-state index contributed by atoms with van der Waals surface area (Å²) < 4.78 is 5.11. The van der Waals surface area contributed by atoms with Gasteiger partial charge in [-0.15, -0.1) is 0 Å². The summed E-state index contributed by atoms with van der Waals surface area (Å²) in [6, 6.07) is 5.82. The van der Waals surface area contributed by atoms with Crippen molar-refractivity contribution in [3.05, 3.63) is 34.9 Å². The van der Waals surface area contributed by atoms with E-state index in [1.807, 2.05) is 32.0 Å². The number of amides is 1. The molecule has 18 heavy (non-hydrogen) atoms. The van der Waals surface area contributed by atoms with Crippen LogP contribution in [0.5, 0.6) is 0 Å². The minimum absolute atomic E-state index is 0.0285. The van der Waals surface area contributed by atoms with Crippen LogP contribution in [0.3, 0.4) is 0 Å². The Bertz CT molecular complexity index is 401. The van der Waals surface area contributed by atoms with Crippen molar-refractivity contribution in [2.24, 2.45) is 0 Å². The van der Waals surface area contributed by atoms with Crippen molar-refractivity contribution >= 4 is 21.8 Å². The number of nitrogens with one attached hydrogen (secondary N) is 1. The molecule has 1 N–H and O–H groups in total. The van der Waals surface area contributed by atoms with E-state index in [9.17, 15) is 4.79 Å². The number of benzene rings is 1. The molecule has 0 aromatic heterocycles. The molecule has 3 nitrogen and oxygen atoms in total. The van der Waals surface area contributed by atoms with Gasteiger partial charge in [-0.05, 0) is 37.5 Å². The van der Waals surface area contributed by atoms with Crippen LogP contribution in [-0.4, -0.2) is 31.0 Å². The van der Waals surface area contributed by atoms with Gasteiger partial charge < -0.3 is 10.1 Å². The molecule has 0 aliphatic heterocycles. The molecule has 1 amide bonds. The lowest BCUT2D eigenvalue weighted by atomic mass is 10.0. The minimum atomic E-state index is -0.0285. The molecule has 0 spiro atoms. The molecule has 4 heteroatoms. The molecule has 0 aliphatic carbocycles. The van der Waals surface area contributed by atoms with E-state index in [0.29, 0.717) is 6.61 Å². The van der Waals surface area contributed by atoms with Crippen LogP contribution in [0, 0.1) is 13.8 Å². The molecule has 1 atom stereocenters. The van der Waals surface area contributed by atoms with Crippen molar-refractivity contribution in [1.29, 1.82) is 0 Å². The third-order valence-electron chi connectivity index (χ3n) is 3.01. The Balaban J connectivity index is 2.77. The summed E-state index contributed by atoms with van der Waals surface area (Å²) in [5.41, 5.74) is 2.90. The van der Waals surface area contributed by atoms with E-state index in [1.165, 1.54) is 0 Å². The number of rotatable bonds is 6. The maximum Gasteiger partial charge on any atom is 0.251 e. The van der Waals surface area contributed by atoms with Crippen LogP contribution in [0.1, 0.15) is 27.9 Å². The number of hydrogen-bond acceptors (Lipinski definition) is 2. The van der Waals surface area contributed by atoms with E-state index in [0.717, 1.165) is 28.4 Å². The van der Waals surface area contributed by atoms with E-state index < -0.39 is 0 Å². The smallest absolute Gasteiger partial charge is 0.251 e. The molecule has 0 heterocycles. The summed E-state index contributed by atoms with van der Waals surface area (Å²) in [5.74, 6) is -0.0285. The Kier molecular flexibility index (Phi) is 6.36. The summed E-state index contributed by atoms with van der Waals surface area (Å²) in [6.07, 6.45) is 0.852. The molecule has 1 aromatic carbocycles. The first-order chi connectivity index (χ1) is 8.60. The summed E-state index contributed by atoms with van der Waals surface area (Å²) in [6.45, 7) is 4.51. The Morgan fingerprint density at radius 2 is 2.17 bits per heavy atom. The Hall–Kier alpha value is -0.870. The number of ether oxygens (including phenoxy) is 1. The molecule has 100 valence electrons. The minimum Gasteiger partial charge on any atom is -0.383 e. The number of aryl methyl sites for hydroxylation is 1. The van der Waals surface area contributed by atoms with Gasteiger partial charge >= 0.3 is 0 Å². The lowest BCUT2D eigenvalue weighted by Gasteiger charge is -2.18. The van der Waals surface area contributed by atoms with E-state index in [4.69, 9.17) is 4.74 Å². The lowest BCUT2D eigenvalue weighted by Crippen LogP contribution is -2.38. The molecular weight excluding hydrogens is 294 g/mol. The van der Waals surface area contributed by atoms with Crippen molar-refractivity contribution in [2.45, 2.75) is 26.3 Å². The van der Waals surface area contributed by atoms with Crippen molar-refractivity contribution in [3.63, 3.8) is 0 Å². The number of methoxy groups -OCH3 is 1.